The van der Waals surface area contributed by atoms with Crippen LogP contribution in [0, 0.1) is 11.7 Å². The van der Waals surface area contributed by atoms with Gasteiger partial charge in [-0.3, -0.25) is 4.79 Å². The Labute approximate surface area is 141 Å². The van der Waals surface area contributed by atoms with Crippen molar-refractivity contribution in [2.45, 2.75) is 19.4 Å². The molecule has 5 heteroatoms. The van der Waals surface area contributed by atoms with Gasteiger partial charge in [0.25, 0.3) is 0 Å². The molecule has 0 saturated carbocycles. The maximum Gasteiger partial charge on any atom is 0.223 e. The van der Waals surface area contributed by atoms with Crippen LogP contribution in [0.25, 0.3) is 0 Å². The second-order valence-corrected chi connectivity index (χ2v) is 5.94. The number of carbonyl (C=O) groups excluding carboxylic acids is 1. The summed E-state index contributed by atoms with van der Waals surface area (Å²) in [5, 5.41) is 6.25. The normalized spacial score (nSPS) is 15.0. The van der Waals surface area contributed by atoms with Crippen molar-refractivity contribution in [3.05, 3.63) is 59.9 Å². The Kier molecular flexibility index (Phi) is 5.43. The minimum atomic E-state index is -0.290. The van der Waals surface area contributed by atoms with Gasteiger partial charge in [-0.15, -0.1) is 0 Å². The summed E-state index contributed by atoms with van der Waals surface area (Å²) in [6, 6.07) is 13.4. The average Bonchev–Trinajstić information content (AvgIpc) is 2.63. The fourth-order valence-electron chi connectivity index (χ4n) is 2.73. The number of ether oxygens (including phenoxy) is 1. The fraction of sp³-hybridized carbons (Fsp3) is 0.316. The first-order valence-electron chi connectivity index (χ1n) is 8.21. The average molecular weight is 328 g/mol. The maximum atomic E-state index is 12.9. The summed E-state index contributed by atoms with van der Waals surface area (Å²) in [5.74, 6) is 1.22. The Hall–Kier alpha value is -2.40. The van der Waals surface area contributed by atoms with Crippen molar-refractivity contribution in [2.75, 3.05) is 13.1 Å². The second-order valence-electron chi connectivity index (χ2n) is 5.94. The van der Waals surface area contributed by atoms with Gasteiger partial charge in [0.1, 0.15) is 17.3 Å². The minimum absolute atomic E-state index is 0.118. The van der Waals surface area contributed by atoms with E-state index in [0.717, 1.165) is 31.5 Å². The van der Waals surface area contributed by atoms with Gasteiger partial charge in [0.15, 0.2) is 0 Å². The lowest BCUT2D eigenvalue weighted by atomic mass is 9.97. The molecule has 2 N–H and O–H groups in total. The number of benzene rings is 2. The molecule has 0 spiro atoms. The van der Waals surface area contributed by atoms with Crippen LogP contribution >= 0.6 is 0 Å². The van der Waals surface area contributed by atoms with Crippen molar-refractivity contribution in [1.82, 2.24) is 10.6 Å². The minimum Gasteiger partial charge on any atom is -0.457 e. The van der Waals surface area contributed by atoms with E-state index in [1.54, 1.807) is 12.1 Å². The molecule has 0 atom stereocenters. The quantitative estimate of drug-likeness (QED) is 0.886. The smallest absolute Gasteiger partial charge is 0.223 e. The third kappa shape index (κ3) is 4.55. The first kappa shape index (κ1) is 16.5. The van der Waals surface area contributed by atoms with Gasteiger partial charge in [0.05, 0.1) is 0 Å². The molecule has 126 valence electrons. The zero-order valence-electron chi connectivity index (χ0n) is 13.4. The van der Waals surface area contributed by atoms with E-state index in [0.29, 0.717) is 18.0 Å². The van der Waals surface area contributed by atoms with Gasteiger partial charge in [0, 0.05) is 12.5 Å². The Balaban J connectivity index is 1.50. The summed E-state index contributed by atoms with van der Waals surface area (Å²) in [6.07, 6.45) is 1.80. The predicted molar refractivity (Wildman–Crippen MR) is 90.4 cm³/mol. The van der Waals surface area contributed by atoms with Gasteiger partial charge in [0.2, 0.25) is 5.91 Å². The van der Waals surface area contributed by atoms with Crippen molar-refractivity contribution in [1.29, 1.82) is 0 Å². The number of hydrogen-bond acceptors (Lipinski definition) is 3. The summed E-state index contributed by atoms with van der Waals surface area (Å²) in [7, 11) is 0. The van der Waals surface area contributed by atoms with Gasteiger partial charge in [-0.05, 0) is 67.9 Å². The van der Waals surface area contributed by atoms with Crippen LogP contribution in [-0.4, -0.2) is 19.0 Å². The van der Waals surface area contributed by atoms with E-state index in [2.05, 4.69) is 10.6 Å². The number of carbonyl (C=O) groups is 1. The van der Waals surface area contributed by atoms with Crippen LogP contribution in [0.5, 0.6) is 11.5 Å². The van der Waals surface area contributed by atoms with Gasteiger partial charge in [-0.2, -0.15) is 0 Å². The van der Waals surface area contributed by atoms with E-state index >= 15 is 0 Å². The van der Waals surface area contributed by atoms with Crippen molar-refractivity contribution < 1.29 is 13.9 Å². The van der Waals surface area contributed by atoms with E-state index in [4.69, 9.17) is 4.74 Å². The Morgan fingerprint density at radius 1 is 1.04 bits per heavy atom. The van der Waals surface area contributed by atoms with Crippen LogP contribution in [0.15, 0.2) is 48.5 Å². The highest BCUT2D eigenvalue weighted by atomic mass is 19.1. The SMILES string of the molecule is O=C(NCc1ccc(Oc2ccc(F)cc2)cc1)C1CCNCC1. The number of halogens is 1. The van der Waals surface area contributed by atoms with Gasteiger partial charge in [-0.1, -0.05) is 12.1 Å². The summed E-state index contributed by atoms with van der Waals surface area (Å²) < 4.78 is 18.5. The lowest BCUT2D eigenvalue weighted by molar-refractivity contribution is -0.125. The number of amides is 1. The first-order valence-corrected chi connectivity index (χ1v) is 8.21. The van der Waals surface area contributed by atoms with E-state index in [-0.39, 0.29) is 17.6 Å². The van der Waals surface area contributed by atoms with E-state index in [1.807, 2.05) is 24.3 Å². The fourth-order valence-corrected chi connectivity index (χ4v) is 2.73. The highest BCUT2D eigenvalue weighted by Gasteiger charge is 2.20. The lowest BCUT2D eigenvalue weighted by Gasteiger charge is -2.21. The molecular weight excluding hydrogens is 307 g/mol. The Bertz CT molecular complexity index is 665. The van der Waals surface area contributed by atoms with Crippen LogP contribution in [0.3, 0.4) is 0 Å². The highest BCUT2D eigenvalue weighted by molar-refractivity contribution is 5.78. The van der Waals surface area contributed by atoms with Crippen molar-refractivity contribution >= 4 is 5.91 Å². The Morgan fingerprint density at radius 3 is 2.25 bits per heavy atom. The van der Waals surface area contributed by atoms with E-state index in [1.165, 1.54) is 12.1 Å². The van der Waals surface area contributed by atoms with Crippen molar-refractivity contribution in [3.63, 3.8) is 0 Å². The molecule has 24 heavy (non-hydrogen) atoms. The molecule has 0 radical (unpaired) electrons. The number of hydrogen-bond donors (Lipinski definition) is 2. The van der Waals surface area contributed by atoms with E-state index < -0.39 is 0 Å². The first-order chi connectivity index (χ1) is 11.7. The summed E-state index contributed by atoms with van der Waals surface area (Å²) in [5.41, 5.74) is 1.02. The van der Waals surface area contributed by atoms with Gasteiger partial charge in [-0.25, -0.2) is 4.39 Å². The molecule has 1 aliphatic heterocycles. The largest absolute Gasteiger partial charge is 0.457 e. The third-order valence-corrected chi connectivity index (χ3v) is 4.15. The molecule has 2 aromatic carbocycles. The number of rotatable bonds is 5. The van der Waals surface area contributed by atoms with Gasteiger partial charge < -0.3 is 15.4 Å². The molecule has 0 unspecified atom stereocenters. The second kappa shape index (κ2) is 7.93. The molecule has 3 rings (SSSR count). The van der Waals surface area contributed by atoms with Crippen molar-refractivity contribution in [3.8, 4) is 11.5 Å². The van der Waals surface area contributed by atoms with Crippen LogP contribution in [0.1, 0.15) is 18.4 Å². The summed E-state index contributed by atoms with van der Waals surface area (Å²) in [6.45, 7) is 2.33. The van der Waals surface area contributed by atoms with Crippen LogP contribution in [0.2, 0.25) is 0 Å². The van der Waals surface area contributed by atoms with Crippen LogP contribution in [0.4, 0.5) is 4.39 Å². The summed E-state index contributed by atoms with van der Waals surface area (Å²) in [4.78, 5) is 12.1. The molecule has 4 nitrogen and oxygen atoms in total. The molecule has 1 heterocycles. The highest BCUT2D eigenvalue weighted by Crippen LogP contribution is 2.22. The molecule has 2 aromatic rings. The molecule has 1 saturated heterocycles. The van der Waals surface area contributed by atoms with Crippen LogP contribution < -0.4 is 15.4 Å². The monoisotopic (exact) mass is 328 g/mol. The third-order valence-electron chi connectivity index (χ3n) is 4.15. The maximum absolute atomic E-state index is 12.9. The molecule has 0 aliphatic carbocycles. The van der Waals surface area contributed by atoms with E-state index in [9.17, 15) is 9.18 Å². The molecule has 0 aromatic heterocycles. The van der Waals surface area contributed by atoms with Crippen molar-refractivity contribution in [2.24, 2.45) is 5.92 Å². The zero-order chi connectivity index (χ0) is 16.8. The van der Waals surface area contributed by atoms with Gasteiger partial charge >= 0.3 is 0 Å². The molecular formula is C19H21FN2O2. The lowest BCUT2D eigenvalue weighted by Crippen LogP contribution is -2.37. The Morgan fingerprint density at radius 2 is 1.62 bits per heavy atom. The molecule has 1 fully saturated rings. The molecule has 0 bridgehead atoms. The zero-order valence-corrected chi connectivity index (χ0v) is 13.4. The van der Waals surface area contributed by atoms with Crippen LogP contribution in [-0.2, 0) is 11.3 Å². The summed E-state index contributed by atoms with van der Waals surface area (Å²) >= 11 is 0. The number of nitrogens with one attached hydrogen (secondary N) is 2. The molecule has 1 aliphatic rings. The number of piperidine rings is 1. The molecule has 1 amide bonds. The predicted octanol–water partition coefficient (Wildman–Crippen LogP) is 3.23. The standard InChI is InChI=1S/C19H21FN2O2/c20-16-3-7-18(8-4-16)24-17-5-1-14(2-6-17)13-22-19(23)15-9-11-21-12-10-15/h1-8,15,21H,9-13H2,(H,22,23). The topological polar surface area (TPSA) is 50.4 Å².